The van der Waals surface area contributed by atoms with E-state index >= 15 is 0 Å². The lowest BCUT2D eigenvalue weighted by molar-refractivity contribution is 0.627. The lowest BCUT2D eigenvalue weighted by Gasteiger charge is -1.98. The fourth-order valence-electron chi connectivity index (χ4n) is 1.86. The molecule has 90 valence electrons. The summed E-state index contributed by atoms with van der Waals surface area (Å²) in [5, 5.41) is 0.917. The molecule has 2 heterocycles. The zero-order valence-electron chi connectivity index (χ0n) is 9.64. The van der Waals surface area contributed by atoms with Gasteiger partial charge in [-0.1, -0.05) is 18.2 Å². The van der Waals surface area contributed by atoms with E-state index in [2.05, 4.69) is 4.98 Å². The van der Waals surface area contributed by atoms with Crippen LogP contribution in [-0.4, -0.2) is 9.55 Å². The highest BCUT2D eigenvalue weighted by Gasteiger charge is 2.11. The van der Waals surface area contributed by atoms with Crippen LogP contribution < -0.4 is 11.2 Å². The molecule has 0 amide bonds. The number of aromatic amines is 1. The predicted octanol–water partition coefficient (Wildman–Crippen LogP) is 1.49. The third-order valence-electron chi connectivity index (χ3n) is 2.87. The van der Waals surface area contributed by atoms with E-state index in [-0.39, 0.29) is 5.56 Å². The van der Waals surface area contributed by atoms with E-state index in [9.17, 15) is 9.59 Å². The van der Waals surface area contributed by atoms with Gasteiger partial charge in [-0.2, -0.15) is 0 Å². The Bertz CT molecular complexity index is 806. The highest BCUT2D eigenvalue weighted by atomic mass is 16.3. The van der Waals surface area contributed by atoms with E-state index in [1.165, 1.54) is 13.2 Å². The largest absolute Gasteiger partial charge is 0.456 e. The molecule has 0 aliphatic rings. The fraction of sp³-hybridized carbons (Fsp3) is 0.0769. The molecule has 0 atom stereocenters. The standard InChI is InChI=1S/C13H10N2O3/c1-15-12(16)9(7-14-13(15)17)11-6-8-4-2-3-5-10(8)18-11/h2-7H,1H3,(H,14,17). The maximum absolute atomic E-state index is 11.9. The summed E-state index contributed by atoms with van der Waals surface area (Å²) in [7, 11) is 1.42. The van der Waals surface area contributed by atoms with Gasteiger partial charge in [0.1, 0.15) is 11.3 Å². The van der Waals surface area contributed by atoms with Crippen LogP contribution in [-0.2, 0) is 7.05 Å². The number of para-hydroxylation sites is 1. The number of aromatic nitrogens is 2. The van der Waals surface area contributed by atoms with E-state index < -0.39 is 5.69 Å². The summed E-state index contributed by atoms with van der Waals surface area (Å²) in [6, 6.07) is 9.27. The van der Waals surface area contributed by atoms with Crippen molar-refractivity contribution in [2.45, 2.75) is 0 Å². The van der Waals surface area contributed by atoms with Crippen LogP contribution in [0.4, 0.5) is 0 Å². The van der Waals surface area contributed by atoms with Gasteiger partial charge in [0.25, 0.3) is 5.56 Å². The van der Waals surface area contributed by atoms with Gasteiger partial charge in [0.15, 0.2) is 0 Å². The highest BCUT2D eigenvalue weighted by molar-refractivity contribution is 5.82. The molecule has 0 aliphatic heterocycles. The maximum Gasteiger partial charge on any atom is 0.328 e. The van der Waals surface area contributed by atoms with Gasteiger partial charge in [-0.3, -0.25) is 9.36 Å². The van der Waals surface area contributed by atoms with Crippen molar-refractivity contribution in [1.82, 2.24) is 9.55 Å². The van der Waals surface area contributed by atoms with Crippen LogP contribution >= 0.6 is 0 Å². The molecule has 0 saturated heterocycles. The number of furan rings is 1. The van der Waals surface area contributed by atoms with Crippen LogP contribution in [0.5, 0.6) is 0 Å². The molecule has 1 aromatic carbocycles. The number of hydrogen-bond donors (Lipinski definition) is 1. The van der Waals surface area contributed by atoms with Crippen molar-refractivity contribution >= 4 is 11.0 Å². The Morgan fingerprint density at radius 3 is 2.78 bits per heavy atom. The lowest BCUT2D eigenvalue weighted by atomic mass is 10.2. The van der Waals surface area contributed by atoms with Crippen molar-refractivity contribution in [2.24, 2.45) is 7.05 Å². The first-order valence-electron chi connectivity index (χ1n) is 5.44. The summed E-state index contributed by atoms with van der Waals surface area (Å²) in [6.45, 7) is 0. The Kier molecular flexibility index (Phi) is 2.19. The number of nitrogens with one attached hydrogen (secondary N) is 1. The van der Waals surface area contributed by atoms with Gasteiger partial charge >= 0.3 is 5.69 Å². The summed E-state index contributed by atoms with van der Waals surface area (Å²) in [5.74, 6) is 0.452. The van der Waals surface area contributed by atoms with Crippen molar-refractivity contribution in [1.29, 1.82) is 0 Å². The molecule has 0 aliphatic carbocycles. The Labute approximate surface area is 101 Å². The third kappa shape index (κ3) is 1.48. The van der Waals surface area contributed by atoms with Crippen LogP contribution in [0.1, 0.15) is 0 Å². The Morgan fingerprint density at radius 1 is 1.22 bits per heavy atom. The first-order chi connectivity index (χ1) is 8.66. The first-order valence-corrected chi connectivity index (χ1v) is 5.44. The molecular weight excluding hydrogens is 232 g/mol. The number of H-pyrrole nitrogens is 1. The summed E-state index contributed by atoms with van der Waals surface area (Å²) in [6.07, 6.45) is 1.38. The molecule has 0 saturated carbocycles. The van der Waals surface area contributed by atoms with Crippen molar-refractivity contribution in [3.05, 3.63) is 57.4 Å². The summed E-state index contributed by atoms with van der Waals surface area (Å²) in [4.78, 5) is 25.7. The molecule has 0 unspecified atom stereocenters. The average Bonchev–Trinajstić information content (AvgIpc) is 2.79. The molecule has 0 bridgehead atoms. The topological polar surface area (TPSA) is 68.0 Å². The predicted molar refractivity (Wildman–Crippen MR) is 67.5 cm³/mol. The van der Waals surface area contributed by atoms with Crippen molar-refractivity contribution in [2.75, 3.05) is 0 Å². The minimum Gasteiger partial charge on any atom is -0.456 e. The smallest absolute Gasteiger partial charge is 0.328 e. The fourth-order valence-corrected chi connectivity index (χ4v) is 1.86. The maximum atomic E-state index is 11.9. The molecule has 5 heteroatoms. The Balaban J connectivity index is 2.30. The minimum absolute atomic E-state index is 0.341. The van der Waals surface area contributed by atoms with E-state index in [1.807, 2.05) is 24.3 Å². The number of fused-ring (bicyclic) bond motifs is 1. The van der Waals surface area contributed by atoms with Crippen LogP contribution in [0.2, 0.25) is 0 Å². The van der Waals surface area contributed by atoms with E-state index in [1.54, 1.807) is 6.07 Å². The van der Waals surface area contributed by atoms with Gasteiger partial charge in [-0.15, -0.1) is 0 Å². The summed E-state index contributed by atoms with van der Waals surface area (Å²) >= 11 is 0. The van der Waals surface area contributed by atoms with Crippen LogP contribution in [0.3, 0.4) is 0 Å². The average molecular weight is 242 g/mol. The van der Waals surface area contributed by atoms with Crippen molar-refractivity contribution in [3.8, 4) is 11.3 Å². The third-order valence-corrected chi connectivity index (χ3v) is 2.87. The van der Waals surface area contributed by atoms with E-state index in [0.717, 1.165) is 9.95 Å². The molecule has 5 nitrogen and oxygen atoms in total. The monoisotopic (exact) mass is 242 g/mol. The lowest BCUT2D eigenvalue weighted by Crippen LogP contribution is -2.32. The summed E-state index contributed by atoms with van der Waals surface area (Å²) < 4.78 is 6.61. The molecule has 0 spiro atoms. The molecular formula is C13H10N2O3. The SMILES string of the molecule is Cn1c(=O)[nH]cc(-c2cc3ccccc3o2)c1=O. The van der Waals surface area contributed by atoms with Gasteiger partial charge in [-0.25, -0.2) is 4.79 Å². The minimum atomic E-state index is -0.445. The van der Waals surface area contributed by atoms with Gasteiger partial charge in [0.05, 0.1) is 5.56 Å². The molecule has 2 aromatic heterocycles. The van der Waals surface area contributed by atoms with Crippen molar-refractivity contribution in [3.63, 3.8) is 0 Å². The molecule has 1 N–H and O–H groups in total. The summed E-state index contributed by atoms with van der Waals surface area (Å²) in [5.41, 5.74) is 0.228. The number of benzene rings is 1. The van der Waals surface area contributed by atoms with Gasteiger partial charge < -0.3 is 9.40 Å². The number of rotatable bonds is 1. The zero-order valence-corrected chi connectivity index (χ0v) is 9.64. The molecule has 3 aromatic rings. The van der Waals surface area contributed by atoms with E-state index in [4.69, 9.17) is 4.42 Å². The first kappa shape index (κ1) is 10.6. The second kappa shape index (κ2) is 3.73. The normalized spacial score (nSPS) is 10.9. The van der Waals surface area contributed by atoms with Crippen molar-refractivity contribution < 1.29 is 4.42 Å². The molecule has 0 radical (unpaired) electrons. The second-order valence-corrected chi connectivity index (χ2v) is 4.02. The molecule has 3 rings (SSSR count). The van der Waals surface area contributed by atoms with Gasteiger partial charge in [-0.05, 0) is 12.1 Å². The zero-order chi connectivity index (χ0) is 12.7. The van der Waals surface area contributed by atoms with E-state index in [0.29, 0.717) is 16.9 Å². The van der Waals surface area contributed by atoms with Gasteiger partial charge in [0.2, 0.25) is 0 Å². The van der Waals surface area contributed by atoms with Crippen LogP contribution in [0.25, 0.3) is 22.3 Å². The number of hydrogen-bond acceptors (Lipinski definition) is 3. The molecule has 0 fully saturated rings. The molecule has 18 heavy (non-hydrogen) atoms. The highest BCUT2D eigenvalue weighted by Crippen LogP contribution is 2.24. The number of nitrogens with zero attached hydrogens (tertiary/aromatic N) is 1. The van der Waals surface area contributed by atoms with Gasteiger partial charge in [0, 0.05) is 18.6 Å². The Hall–Kier alpha value is -2.56. The second-order valence-electron chi connectivity index (χ2n) is 4.02. The quantitative estimate of drug-likeness (QED) is 0.702. The Morgan fingerprint density at radius 2 is 2.00 bits per heavy atom. The van der Waals surface area contributed by atoms with Crippen LogP contribution in [0.15, 0.2) is 50.5 Å². The van der Waals surface area contributed by atoms with Crippen LogP contribution in [0, 0.1) is 0 Å².